The number of methoxy groups -OCH3 is 1. The SMILES string of the molecule is C=CCCCN(C)C(=NC)NCC1CCCN1CCOC.I. The third kappa shape index (κ3) is 7.78. The average Bonchev–Trinajstić information content (AvgIpc) is 2.93. The van der Waals surface area contributed by atoms with Crippen LogP contribution >= 0.6 is 24.0 Å². The maximum atomic E-state index is 5.19. The number of ether oxygens (including phenoxy) is 1. The molecule has 0 bridgehead atoms. The van der Waals surface area contributed by atoms with Gasteiger partial charge in [-0.3, -0.25) is 9.89 Å². The molecule has 1 heterocycles. The zero-order chi connectivity index (χ0) is 15.5. The van der Waals surface area contributed by atoms with E-state index in [0.717, 1.165) is 45.0 Å². The van der Waals surface area contributed by atoms with Crippen molar-refractivity contribution in [2.24, 2.45) is 4.99 Å². The third-order valence-corrected chi connectivity index (χ3v) is 4.05. The van der Waals surface area contributed by atoms with Gasteiger partial charge in [0, 0.05) is 46.9 Å². The number of rotatable bonds is 9. The Morgan fingerprint density at radius 3 is 2.95 bits per heavy atom. The summed E-state index contributed by atoms with van der Waals surface area (Å²) < 4.78 is 5.19. The first-order valence-electron chi connectivity index (χ1n) is 7.98. The molecule has 0 aromatic rings. The van der Waals surface area contributed by atoms with E-state index >= 15 is 0 Å². The van der Waals surface area contributed by atoms with Crippen molar-refractivity contribution in [3.63, 3.8) is 0 Å². The molecule has 1 saturated heterocycles. The van der Waals surface area contributed by atoms with E-state index in [1.807, 2.05) is 13.1 Å². The summed E-state index contributed by atoms with van der Waals surface area (Å²) >= 11 is 0. The predicted octanol–water partition coefficient (Wildman–Crippen LogP) is 2.19. The molecule has 1 aliphatic heterocycles. The van der Waals surface area contributed by atoms with Crippen LogP contribution in [-0.2, 0) is 4.74 Å². The van der Waals surface area contributed by atoms with Crippen LogP contribution in [0.2, 0.25) is 0 Å². The monoisotopic (exact) mass is 424 g/mol. The minimum absolute atomic E-state index is 0. The van der Waals surface area contributed by atoms with Gasteiger partial charge in [-0.05, 0) is 32.2 Å². The van der Waals surface area contributed by atoms with Gasteiger partial charge in [-0.25, -0.2) is 0 Å². The molecule has 0 radical (unpaired) electrons. The van der Waals surface area contributed by atoms with E-state index in [0.29, 0.717) is 6.04 Å². The molecule has 0 spiro atoms. The molecular weight excluding hydrogens is 391 g/mol. The molecule has 1 N–H and O–H groups in total. The Balaban J connectivity index is 0.00000441. The summed E-state index contributed by atoms with van der Waals surface area (Å²) in [6.07, 6.45) is 6.67. The van der Waals surface area contributed by atoms with Crippen molar-refractivity contribution in [2.75, 3.05) is 54.0 Å². The molecule has 1 aliphatic rings. The topological polar surface area (TPSA) is 40.1 Å². The van der Waals surface area contributed by atoms with Crippen LogP contribution in [0.15, 0.2) is 17.6 Å². The van der Waals surface area contributed by atoms with Gasteiger partial charge in [0.25, 0.3) is 0 Å². The number of halogens is 1. The number of guanidine groups is 1. The van der Waals surface area contributed by atoms with E-state index in [4.69, 9.17) is 4.74 Å². The summed E-state index contributed by atoms with van der Waals surface area (Å²) in [5.41, 5.74) is 0. The number of allylic oxidation sites excluding steroid dienone is 1. The fourth-order valence-electron chi connectivity index (χ4n) is 2.80. The van der Waals surface area contributed by atoms with Crippen LogP contribution < -0.4 is 5.32 Å². The van der Waals surface area contributed by atoms with Crippen LogP contribution in [0.1, 0.15) is 25.7 Å². The molecule has 0 saturated carbocycles. The fraction of sp³-hybridized carbons (Fsp3) is 0.812. The second-order valence-corrected chi connectivity index (χ2v) is 5.61. The Morgan fingerprint density at radius 2 is 2.32 bits per heavy atom. The zero-order valence-electron chi connectivity index (χ0n) is 14.4. The normalized spacial score (nSPS) is 18.9. The number of nitrogens with zero attached hydrogens (tertiary/aromatic N) is 3. The number of aliphatic imine (C=N–C) groups is 1. The number of unbranched alkanes of at least 4 members (excludes halogenated alkanes) is 1. The van der Waals surface area contributed by atoms with Gasteiger partial charge in [0.2, 0.25) is 0 Å². The Labute approximate surface area is 153 Å². The van der Waals surface area contributed by atoms with Crippen molar-refractivity contribution >= 4 is 29.9 Å². The largest absolute Gasteiger partial charge is 0.383 e. The summed E-state index contributed by atoms with van der Waals surface area (Å²) in [6, 6.07) is 0.596. The van der Waals surface area contributed by atoms with Crippen molar-refractivity contribution in [1.29, 1.82) is 0 Å². The van der Waals surface area contributed by atoms with Crippen LogP contribution in [0.5, 0.6) is 0 Å². The average molecular weight is 424 g/mol. The van der Waals surface area contributed by atoms with Gasteiger partial charge < -0.3 is 15.0 Å². The Morgan fingerprint density at radius 1 is 1.55 bits per heavy atom. The van der Waals surface area contributed by atoms with E-state index < -0.39 is 0 Å². The highest BCUT2D eigenvalue weighted by Gasteiger charge is 2.24. The minimum Gasteiger partial charge on any atom is -0.383 e. The lowest BCUT2D eigenvalue weighted by Crippen LogP contribution is -2.46. The molecule has 22 heavy (non-hydrogen) atoms. The van der Waals surface area contributed by atoms with Crippen molar-refractivity contribution < 1.29 is 4.74 Å². The molecule has 5 nitrogen and oxygen atoms in total. The van der Waals surface area contributed by atoms with Crippen molar-refractivity contribution in [3.05, 3.63) is 12.7 Å². The second kappa shape index (κ2) is 13.1. The summed E-state index contributed by atoms with van der Waals surface area (Å²) in [6.45, 7) is 8.75. The first kappa shape index (κ1) is 21.7. The van der Waals surface area contributed by atoms with Crippen LogP contribution in [0.4, 0.5) is 0 Å². The first-order chi connectivity index (χ1) is 10.2. The molecule has 1 atom stereocenters. The number of likely N-dealkylation sites (tertiary alicyclic amines) is 1. The Bertz CT molecular complexity index is 325. The fourth-order valence-corrected chi connectivity index (χ4v) is 2.80. The van der Waals surface area contributed by atoms with Crippen LogP contribution in [0, 0.1) is 0 Å². The Hall–Kier alpha value is -0.340. The third-order valence-electron chi connectivity index (χ3n) is 4.05. The lowest BCUT2D eigenvalue weighted by atomic mass is 10.2. The molecule has 0 aromatic carbocycles. The van der Waals surface area contributed by atoms with E-state index in [1.54, 1.807) is 7.11 Å². The quantitative estimate of drug-likeness (QED) is 0.203. The Kier molecular flexibility index (Phi) is 12.9. The van der Waals surface area contributed by atoms with E-state index in [-0.39, 0.29) is 24.0 Å². The maximum Gasteiger partial charge on any atom is 0.193 e. The molecular formula is C16H33IN4O. The molecule has 1 unspecified atom stereocenters. The predicted molar refractivity (Wildman–Crippen MR) is 105 cm³/mol. The van der Waals surface area contributed by atoms with Crippen molar-refractivity contribution in [1.82, 2.24) is 15.1 Å². The molecule has 0 aliphatic carbocycles. The smallest absolute Gasteiger partial charge is 0.193 e. The summed E-state index contributed by atoms with van der Waals surface area (Å²) in [4.78, 5) is 9.09. The van der Waals surface area contributed by atoms with Gasteiger partial charge in [0.1, 0.15) is 0 Å². The number of nitrogens with one attached hydrogen (secondary N) is 1. The highest BCUT2D eigenvalue weighted by Crippen LogP contribution is 2.15. The second-order valence-electron chi connectivity index (χ2n) is 5.61. The van der Waals surface area contributed by atoms with Crippen molar-refractivity contribution in [2.45, 2.75) is 31.7 Å². The molecule has 130 valence electrons. The molecule has 0 aromatic heterocycles. The molecule has 6 heteroatoms. The number of hydrogen-bond donors (Lipinski definition) is 1. The van der Waals surface area contributed by atoms with E-state index in [2.05, 4.69) is 33.7 Å². The maximum absolute atomic E-state index is 5.19. The van der Waals surface area contributed by atoms with Gasteiger partial charge in [0.05, 0.1) is 6.61 Å². The molecule has 1 fully saturated rings. The van der Waals surface area contributed by atoms with Gasteiger partial charge in [-0.15, -0.1) is 30.6 Å². The highest BCUT2D eigenvalue weighted by molar-refractivity contribution is 14.0. The first-order valence-corrected chi connectivity index (χ1v) is 7.98. The minimum atomic E-state index is 0. The van der Waals surface area contributed by atoms with Crippen LogP contribution in [0.3, 0.4) is 0 Å². The summed E-state index contributed by atoms with van der Waals surface area (Å²) in [7, 11) is 5.71. The summed E-state index contributed by atoms with van der Waals surface area (Å²) in [5.74, 6) is 0.984. The highest BCUT2D eigenvalue weighted by atomic mass is 127. The van der Waals surface area contributed by atoms with Gasteiger partial charge in [-0.2, -0.15) is 0 Å². The lowest BCUT2D eigenvalue weighted by Gasteiger charge is -2.27. The standard InChI is InChI=1S/C16H32N4O.HI/c1-5-6-7-10-19(3)16(17-2)18-14-15-9-8-11-20(15)12-13-21-4;/h5,15H,1,6-14H2,2-4H3,(H,17,18);1H. The van der Waals surface area contributed by atoms with Gasteiger partial charge in [-0.1, -0.05) is 6.08 Å². The van der Waals surface area contributed by atoms with E-state index in [1.165, 1.54) is 19.4 Å². The lowest BCUT2D eigenvalue weighted by molar-refractivity contribution is 0.141. The molecule has 0 amide bonds. The van der Waals surface area contributed by atoms with Gasteiger partial charge >= 0.3 is 0 Å². The molecule has 1 rings (SSSR count). The van der Waals surface area contributed by atoms with Crippen molar-refractivity contribution in [3.8, 4) is 0 Å². The zero-order valence-corrected chi connectivity index (χ0v) is 16.7. The summed E-state index contributed by atoms with van der Waals surface area (Å²) in [5, 5.41) is 3.51. The van der Waals surface area contributed by atoms with Crippen LogP contribution in [0.25, 0.3) is 0 Å². The number of hydrogen-bond acceptors (Lipinski definition) is 3. The van der Waals surface area contributed by atoms with Crippen LogP contribution in [-0.4, -0.2) is 75.8 Å². The van der Waals surface area contributed by atoms with E-state index in [9.17, 15) is 0 Å². The van der Waals surface area contributed by atoms with Gasteiger partial charge in [0.15, 0.2) is 5.96 Å².